The third-order valence-corrected chi connectivity index (χ3v) is 4.09. The Morgan fingerprint density at radius 2 is 2.12 bits per heavy atom. The Kier molecular flexibility index (Phi) is 3.33. The Morgan fingerprint density at radius 3 is 2.69 bits per heavy atom. The number of rotatable bonds is 3. The van der Waals surface area contributed by atoms with Crippen molar-refractivity contribution < 1.29 is 0 Å². The molecule has 4 heteroatoms. The number of nitrogens with zero attached hydrogens (tertiary/aromatic N) is 3. The minimum Gasteiger partial charge on any atom is -0.356 e. The molecule has 1 aliphatic rings. The lowest BCUT2D eigenvalue weighted by Crippen LogP contribution is -2.26. The third kappa shape index (κ3) is 2.14. The summed E-state index contributed by atoms with van der Waals surface area (Å²) in [7, 11) is 0. The number of halogens is 1. The standard InChI is InChI=1S/C12H18ClN3/c1-3-12(4-2)5-6-16(8-12)11-7-10(13)14-9-15-11/h7,9H,3-6,8H2,1-2H3. The zero-order valence-corrected chi connectivity index (χ0v) is 10.7. The van der Waals surface area contributed by atoms with Gasteiger partial charge >= 0.3 is 0 Å². The summed E-state index contributed by atoms with van der Waals surface area (Å²) >= 11 is 5.88. The van der Waals surface area contributed by atoms with Crippen molar-refractivity contribution in [3.05, 3.63) is 17.5 Å². The molecule has 1 aliphatic heterocycles. The normalized spacial score (nSPS) is 19.1. The van der Waals surface area contributed by atoms with Crippen LogP contribution in [0, 0.1) is 5.41 Å². The van der Waals surface area contributed by atoms with Gasteiger partial charge in [0.15, 0.2) is 0 Å². The minimum atomic E-state index is 0.470. The van der Waals surface area contributed by atoms with E-state index in [1.165, 1.54) is 25.6 Å². The van der Waals surface area contributed by atoms with Crippen molar-refractivity contribution >= 4 is 17.4 Å². The average molecular weight is 240 g/mol. The summed E-state index contributed by atoms with van der Waals surface area (Å²) in [5.74, 6) is 0.962. The van der Waals surface area contributed by atoms with Crippen molar-refractivity contribution in [3.63, 3.8) is 0 Å². The quantitative estimate of drug-likeness (QED) is 0.759. The third-order valence-electron chi connectivity index (χ3n) is 3.88. The lowest BCUT2D eigenvalue weighted by Gasteiger charge is -2.26. The van der Waals surface area contributed by atoms with Gasteiger partial charge in [0.2, 0.25) is 0 Å². The van der Waals surface area contributed by atoms with Crippen LogP contribution in [-0.2, 0) is 0 Å². The average Bonchev–Trinajstić information content (AvgIpc) is 2.74. The Morgan fingerprint density at radius 1 is 1.38 bits per heavy atom. The highest BCUT2D eigenvalue weighted by atomic mass is 35.5. The van der Waals surface area contributed by atoms with E-state index in [0.717, 1.165) is 18.9 Å². The fourth-order valence-electron chi connectivity index (χ4n) is 2.46. The molecule has 2 rings (SSSR count). The number of hydrogen-bond acceptors (Lipinski definition) is 3. The van der Waals surface area contributed by atoms with Crippen LogP contribution in [0.3, 0.4) is 0 Å². The first kappa shape index (κ1) is 11.6. The van der Waals surface area contributed by atoms with Gasteiger partial charge < -0.3 is 4.90 Å². The second-order valence-electron chi connectivity index (χ2n) is 4.58. The van der Waals surface area contributed by atoms with Gasteiger partial charge in [0, 0.05) is 19.2 Å². The molecule has 0 radical (unpaired) electrons. The van der Waals surface area contributed by atoms with Crippen LogP contribution >= 0.6 is 11.6 Å². The van der Waals surface area contributed by atoms with E-state index in [-0.39, 0.29) is 0 Å². The van der Waals surface area contributed by atoms with Gasteiger partial charge in [0.1, 0.15) is 17.3 Å². The first-order valence-corrected chi connectivity index (χ1v) is 6.29. The summed E-state index contributed by atoms with van der Waals surface area (Å²) in [5, 5.41) is 0.524. The molecule has 0 bridgehead atoms. The summed E-state index contributed by atoms with van der Waals surface area (Å²) in [6.45, 7) is 6.72. The van der Waals surface area contributed by atoms with Gasteiger partial charge in [-0.2, -0.15) is 0 Å². The van der Waals surface area contributed by atoms with Gasteiger partial charge in [-0.1, -0.05) is 25.4 Å². The molecule has 3 nitrogen and oxygen atoms in total. The fourth-order valence-corrected chi connectivity index (χ4v) is 2.60. The SMILES string of the molecule is CCC1(CC)CCN(c2cc(Cl)ncn2)C1. The second-order valence-corrected chi connectivity index (χ2v) is 4.96. The smallest absolute Gasteiger partial charge is 0.134 e. The van der Waals surface area contributed by atoms with Crippen molar-refractivity contribution in [1.82, 2.24) is 9.97 Å². The van der Waals surface area contributed by atoms with Crippen molar-refractivity contribution in [2.45, 2.75) is 33.1 Å². The lowest BCUT2D eigenvalue weighted by molar-refractivity contribution is 0.301. The van der Waals surface area contributed by atoms with E-state index in [0.29, 0.717) is 10.6 Å². The monoisotopic (exact) mass is 239 g/mol. The fraction of sp³-hybridized carbons (Fsp3) is 0.667. The van der Waals surface area contributed by atoms with E-state index in [1.54, 1.807) is 0 Å². The molecule has 1 fully saturated rings. The van der Waals surface area contributed by atoms with Crippen LogP contribution in [0.5, 0.6) is 0 Å². The molecule has 0 aromatic carbocycles. The summed E-state index contributed by atoms with van der Waals surface area (Å²) in [5.41, 5.74) is 0.470. The summed E-state index contributed by atoms with van der Waals surface area (Å²) in [4.78, 5) is 10.5. The maximum Gasteiger partial charge on any atom is 0.134 e. The Balaban J connectivity index is 2.14. The van der Waals surface area contributed by atoms with Crippen molar-refractivity contribution in [2.24, 2.45) is 5.41 Å². The van der Waals surface area contributed by atoms with Crippen LogP contribution in [0.4, 0.5) is 5.82 Å². The van der Waals surface area contributed by atoms with Crippen LogP contribution < -0.4 is 4.90 Å². The maximum atomic E-state index is 5.88. The molecule has 0 atom stereocenters. The number of anilines is 1. The first-order valence-electron chi connectivity index (χ1n) is 5.91. The van der Waals surface area contributed by atoms with Gasteiger partial charge in [-0.3, -0.25) is 0 Å². The molecule has 0 N–H and O–H groups in total. The molecule has 88 valence electrons. The van der Waals surface area contributed by atoms with E-state index in [1.807, 2.05) is 6.07 Å². The molecule has 0 saturated carbocycles. The van der Waals surface area contributed by atoms with E-state index >= 15 is 0 Å². The Labute approximate surface area is 102 Å². The molecule has 0 aliphatic carbocycles. The zero-order chi connectivity index (χ0) is 11.6. The molecule has 2 heterocycles. The summed E-state index contributed by atoms with van der Waals surface area (Å²) in [6, 6.07) is 1.85. The van der Waals surface area contributed by atoms with Crippen molar-refractivity contribution in [1.29, 1.82) is 0 Å². The van der Waals surface area contributed by atoms with Crippen LogP contribution in [0.25, 0.3) is 0 Å². The van der Waals surface area contributed by atoms with Gasteiger partial charge in [-0.25, -0.2) is 9.97 Å². The molecular weight excluding hydrogens is 222 g/mol. The number of hydrogen-bond donors (Lipinski definition) is 0. The van der Waals surface area contributed by atoms with E-state index in [9.17, 15) is 0 Å². The maximum absolute atomic E-state index is 5.88. The van der Waals surface area contributed by atoms with E-state index < -0.39 is 0 Å². The molecule has 0 spiro atoms. The van der Waals surface area contributed by atoms with Crippen LogP contribution in [0.1, 0.15) is 33.1 Å². The van der Waals surface area contributed by atoms with Crippen molar-refractivity contribution in [3.8, 4) is 0 Å². The molecule has 0 amide bonds. The van der Waals surface area contributed by atoms with E-state index in [4.69, 9.17) is 11.6 Å². The number of aromatic nitrogens is 2. The summed E-state index contributed by atoms with van der Waals surface area (Å²) in [6.07, 6.45) is 5.26. The highest BCUT2D eigenvalue weighted by Crippen LogP contribution is 2.38. The van der Waals surface area contributed by atoms with Crippen LogP contribution in [0.15, 0.2) is 12.4 Å². The van der Waals surface area contributed by atoms with Crippen LogP contribution in [-0.4, -0.2) is 23.1 Å². The first-order chi connectivity index (χ1) is 7.69. The molecule has 0 unspecified atom stereocenters. The highest BCUT2D eigenvalue weighted by Gasteiger charge is 2.35. The predicted molar refractivity (Wildman–Crippen MR) is 66.9 cm³/mol. The topological polar surface area (TPSA) is 29.0 Å². The summed E-state index contributed by atoms with van der Waals surface area (Å²) < 4.78 is 0. The Hall–Kier alpha value is -0.830. The molecule has 1 aromatic heterocycles. The van der Waals surface area contributed by atoms with Gasteiger partial charge in [-0.15, -0.1) is 0 Å². The molecular formula is C12H18ClN3. The van der Waals surface area contributed by atoms with E-state index in [2.05, 4.69) is 28.7 Å². The molecule has 1 saturated heterocycles. The largest absolute Gasteiger partial charge is 0.356 e. The Bertz CT molecular complexity index is 363. The molecule has 1 aromatic rings. The van der Waals surface area contributed by atoms with Gasteiger partial charge in [0.05, 0.1) is 0 Å². The van der Waals surface area contributed by atoms with Gasteiger partial charge in [-0.05, 0) is 24.7 Å². The predicted octanol–water partition coefficient (Wildman–Crippen LogP) is 3.15. The minimum absolute atomic E-state index is 0.470. The molecule has 16 heavy (non-hydrogen) atoms. The zero-order valence-electron chi connectivity index (χ0n) is 9.91. The van der Waals surface area contributed by atoms with Crippen molar-refractivity contribution in [2.75, 3.05) is 18.0 Å². The second kappa shape index (κ2) is 4.58. The van der Waals surface area contributed by atoms with Gasteiger partial charge in [0.25, 0.3) is 0 Å². The highest BCUT2D eigenvalue weighted by molar-refractivity contribution is 6.29. The lowest BCUT2D eigenvalue weighted by atomic mass is 9.82. The van der Waals surface area contributed by atoms with Crippen LogP contribution in [0.2, 0.25) is 5.15 Å².